The molecular formula is C42H72O14. The molecule has 3 heterocycles. The number of ether oxygens (including phenoxy) is 5. The van der Waals surface area contributed by atoms with Gasteiger partial charge in [0.05, 0.1) is 43.7 Å². The van der Waals surface area contributed by atoms with Crippen LogP contribution >= 0.6 is 0 Å². The van der Waals surface area contributed by atoms with E-state index in [1.807, 2.05) is 0 Å². The fraction of sp³-hybridized carbons (Fsp3) is 1.00. The Bertz CT molecular complexity index is 1380. The minimum Gasteiger partial charge on any atom is -0.394 e. The van der Waals surface area contributed by atoms with Gasteiger partial charge in [-0.15, -0.1) is 0 Å². The highest BCUT2D eigenvalue weighted by Crippen LogP contribution is 2.76. The van der Waals surface area contributed by atoms with Crippen molar-refractivity contribution in [1.82, 2.24) is 0 Å². The van der Waals surface area contributed by atoms with Gasteiger partial charge in [-0.1, -0.05) is 48.5 Å². The number of aliphatic hydroxyl groups is 9. The van der Waals surface area contributed by atoms with Crippen LogP contribution in [-0.4, -0.2) is 151 Å². The largest absolute Gasteiger partial charge is 0.394 e. The molecule has 56 heavy (non-hydrogen) atoms. The molecule has 0 aromatic heterocycles. The van der Waals surface area contributed by atoms with E-state index in [1.54, 1.807) is 0 Å². The Morgan fingerprint density at radius 2 is 1.29 bits per heavy atom. The lowest BCUT2D eigenvalue weighted by molar-refractivity contribution is -0.378. The van der Waals surface area contributed by atoms with Gasteiger partial charge in [0, 0.05) is 5.92 Å². The van der Waals surface area contributed by atoms with Crippen molar-refractivity contribution in [3.05, 3.63) is 0 Å². The second kappa shape index (κ2) is 15.4. The van der Waals surface area contributed by atoms with Gasteiger partial charge in [0.1, 0.15) is 48.8 Å². The Hall–Kier alpha value is -0.560. The summed E-state index contributed by atoms with van der Waals surface area (Å²) in [5, 5.41) is 95.6. The summed E-state index contributed by atoms with van der Waals surface area (Å²) < 4.78 is 31.2. The molecule has 7 aliphatic rings. The van der Waals surface area contributed by atoms with E-state index in [1.165, 1.54) is 0 Å². The summed E-state index contributed by atoms with van der Waals surface area (Å²) in [6.45, 7) is 14.8. The third kappa shape index (κ3) is 6.49. The Morgan fingerprint density at radius 1 is 0.643 bits per heavy atom. The lowest BCUT2D eigenvalue weighted by Crippen LogP contribution is -2.66. The van der Waals surface area contributed by atoms with Crippen molar-refractivity contribution in [3.63, 3.8) is 0 Å². The highest BCUT2D eigenvalue weighted by Gasteiger charge is 2.71. The predicted molar refractivity (Wildman–Crippen MR) is 200 cm³/mol. The lowest BCUT2D eigenvalue weighted by Gasteiger charge is -2.70. The van der Waals surface area contributed by atoms with Crippen LogP contribution in [0.5, 0.6) is 0 Å². The lowest BCUT2D eigenvalue weighted by atomic mass is 9.35. The summed E-state index contributed by atoms with van der Waals surface area (Å²) in [4.78, 5) is 0. The highest BCUT2D eigenvalue weighted by molar-refractivity contribution is 5.19. The molecule has 0 unspecified atom stereocenters. The average molecular weight is 801 g/mol. The first-order chi connectivity index (χ1) is 26.2. The average Bonchev–Trinajstić information content (AvgIpc) is 3.71. The zero-order chi connectivity index (χ0) is 40.9. The van der Waals surface area contributed by atoms with Gasteiger partial charge in [0.15, 0.2) is 12.6 Å². The molecule has 0 spiro atoms. The molecule has 0 bridgehead atoms. The van der Waals surface area contributed by atoms with Crippen molar-refractivity contribution in [1.29, 1.82) is 0 Å². The highest BCUT2D eigenvalue weighted by atomic mass is 16.8. The topological polar surface area (TPSA) is 228 Å². The van der Waals surface area contributed by atoms with E-state index in [2.05, 4.69) is 48.5 Å². The number of aliphatic hydroxyl groups excluding tert-OH is 9. The van der Waals surface area contributed by atoms with Gasteiger partial charge in [-0.25, -0.2) is 0 Å². The maximum absolute atomic E-state index is 11.9. The summed E-state index contributed by atoms with van der Waals surface area (Å²) in [6, 6.07) is 0. The summed E-state index contributed by atoms with van der Waals surface area (Å²) in [7, 11) is 0. The molecule has 0 amide bonds. The molecule has 7 fully saturated rings. The third-order valence-corrected chi connectivity index (χ3v) is 17.7. The van der Waals surface area contributed by atoms with E-state index < -0.39 is 91.7 Å². The van der Waals surface area contributed by atoms with Gasteiger partial charge in [-0.05, 0) is 103 Å². The van der Waals surface area contributed by atoms with Crippen molar-refractivity contribution in [2.45, 2.75) is 192 Å². The van der Waals surface area contributed by atoms with Gasteiger partial charge in [0.25, 0.3) is 0 Å². The number of hydrogen-bond acceptors (Lipinski definition) is 14. The van der Waals surface area contributed by atoms with Crippen LogP contribution in [0.25, 0.3) is 0 Å². The molecule has 21 atom stereocenters. The van der Waals surface area contributed by atoms with Gasteiger partial charge >= 0.3 is 0 Å². The number of fused-ring (bicyclic) bond motifs is 5. The molecule has 324 valence electrons. The van der Waals surface area contributed by atoms with E-state index in [0.717, 1.165) is 51.4 Å². The van der Waals surface area contributed by atoms with Gasteiger partial charge in [0.2, 0.25) is 0 Å². The second-order valence-corrected chi connectivity index (χ2v) is 20.6. The van der Waals surface area contributed by atoms with Gasteiger partial charge < -0.3 is 69.6 Å². The molecule has 3 aliphatic heterocycles. The molecule has 14 heteroatoms. The molecule has 4 aliphatic carbocycles. The van der Waals surface area contributed by atoms with E-state index in [0.29, 0.717) is 18.3 Å². The van der Waals surface area contributed by atoms with Gasteiger partial charge in [-0.3, -0.25) is 0 Å². The molecular weight excluding hydrogens is 728 g/mol. The first-order valence-corrected chi connectivity index (χ1v) is 21.4. The quantitative estimate of drug-likeness (QED) is 0.150. The van der Waals surface area contributed by atoms with Crippen LogP contribution in [0.3, 0.4) is 0 Å². The Labute approximate surface area is 331 Å². The molecule has 4 saturated carbocycles. The molecule has 0 radical (unpaired) electrons. The predicted octanol–water partition coefficient (Wildman–Crippen LogP) is 1.22. The normalized spacial score (nSPS) is 55.8. The Morgan fingerprint density at radius 3 is 1.89 bits per heavy atom. The van der Waals surface area contributed by atoms with E-state index in [9.17, 15) is 46.0 Å². The summed E-state index contributed by atoms with van der Waals surface area (Å²) in [5.41, 5.74) is -1.08. The standard InChI is InChI=1S/C42H72O14/c1-20(2)42(19-45)15-10-23(56-42)29-21-8-9-27-39(5)13-12-28(38(3,4)26(39)11-14-40(27,6)41(21,7)16-22(29)46)54-37-35(33(50)31(48)25(18-44)53-37)55-36-34(51)32(49)30(47)24(17-43)52-36/h20-37,43-51H,8-19H2,1-7H3/t21-,22-,23+,24-,25-,26+,27-,28+,29-,30-,31-,32+,33+,34-,35-,36+,37+,39+,40-,41-,42-/m1/s1. The molecule has 0 aromatic carbocycles. The number of hydrogen-bond donors (Lipinski definition) is 9. The molecule has 3 saturated heterocycles. The minimum absolute atomic E-state index is 0.00467. The monoisotopic (exact) mass is 800 g/mol. The SMILES string of the molecule is CC(C)[C@]1(CO)CC[C@@H]([C@H]2[C@H](O)C[C@]3(C)[C@@H]2CC[C@@H]2[C@@]4(C)CC[C@H](O[C@@H]5O[C@H](CO)[C@@H](O)[C@H](O)[C@H]5O[C@@H]5O[C@H](CO)[C@@H](O)[C@H](O)[C@H]5O)C(C)(C)[C@@H]4CC[C@]23C)O1. The maximum Gasteiger partial charge on any atom is 0.187 e. The summed E-state index contributed by atoms with van der Waals surface area (Å²) in [6.07, 6.45) is -7.93. The van der Waals surface area contributed by atoms with Crippen LogP contribution in [0.4, 0.5) is 0 Å². The fourth-order valence-electron chi connectivity index (χ4n) is 14.1. The summed E-state index contributed by atoms with van der Waals surface area (Å²) in [5.74, 6) is 1.21. The third-order valence-electron chi connectivity index (χ3n) is 17.7. The molecule has 0 aromatic rings. The van der Waals surface area contributed by atoms with Crippen molar-refractivity contribution in [2.75, 3.05) is 19.8 Å². The van der Waals surface area contributed by atoms with Crippen molar-refractivity contribution >= 4 is 0 Å². The fourth-order valence-corrected chi connectivity index (χ4v) is 14.1. The van der Waals surface area contributed by atoms with E-state index >= 15 is 0 Å². The molecule has 7 rings (SSSR count). The zero-order valence-electron chi connectivity index (χ0n) is 34.4. The van der Waals surface area contributed by atoms with Crippen LogP contribution in [0.15, 0.2) is 0 Å². The van der Waals surface area contributed by atoms with Crippen LogP contribution < -0.4 is 0 Å². The zero-order valence-corrected chi connectivity index (χ0v) is 34.4. The van der Waals surface area contributed by atoms with Crippen molar-refractivity contribution < 1.29 is 69.6 Å². The van der Waals surface area contributed by atoms with Crippen molar-refractivity contribution in [2.24, 2.45) is 51.2 Å². The second-order valence-electron chi connectivity index (χ2n) is 20.6. The summed E-state index contributed by atoms with van der Waals surface area (Å²) >= 11 is 0. The Balaban J connectivity index is 1.10. The van der Waals surface area contributed by atoms with E-state index in [4.69, 9.17) is 23.7 Å². The Kier molecular flexibility index (Phi) is 12.0. The maximum atomic E-state index is 11.9. The van der Waals surface area contributed by atoms with Crippen LogP contribution in [0.1, 0.15) is 106 Å². The van der Waals surface area contributed by atoms with Crippen LogP contribution in [-0.2, 0) is 23.7 Å². The number of rotatable bonds is 9. The molecule has 9 N–H and O–H groups in total. The molecule has 14 nitrogen and oxygen atoms in total. The first kappa shape index (κ1) is 43.5. The van der Waals surface area contributed by atoms with E-state index in [-0.39, 0.29) is 52.8 Å². The van der Waals surface area contributed by atoms with Crippen molar-refractivity contribution in [3.8, 4) is 0 Å². The minimum atomic E-state index is -1.75. The van der Waals surface area contributed by atoms with Crippen LogP contribution in [0.2, 0.25) is 0 Å². The van der Waals surface area contributed by atoms with Gasteiger partial charge in [-0.2, -0.15) is 0 Å². The van der Waals surface area contributed by atoms with Crippen LogP contribution in [0, 0.1) is 51.2 Å². The smallest absolute Gasteiger partial charge is 0.187 e. The first-order valence-electron chi connectivity index (χ1n) is 21.4.